The lowest BCUT2D eigenvalue weighted by Crippen LogP contribution is -2.27. The Morgan fingerprint density at radius 2 is 2.07 bits per heavy atom. The SMILES string of the molecule is NCC1CCC2(CCN(C3CC3)C2)C1. The summed E-state index contributed by atoms with van der Waals surface area (Å²) in [5, 5.41) is 0. The van der Waals surface area contributed by atoms with Gasteiger partial charge in [-0.3, -0.25) is 4.90 Å². The molecule has 2 atom stereocenters. The second-order valence-corrected chi connectivity index (χ2v) is 5.80. The molecule has 0 bridgehead atoms. The van der Waals surface area contributed by atoms with Crippen LogP contribution in [0.1, 0.15) is 38.5 Å². The third-order valence-electron chi connectivity index (χ3n) is 4.67. The fourth-order valence-electron chi connectivity index (χ4n) is 3.62. The standard InChI is InChI=1S/C12H22N2/c13-8-10-3-4-12(7-10)5-6-14(9-12)11-1-2-11/h10-11H,1-9,13H2. The zero-order valence-electron chi connectivity index (χ0n) is 9.04. The minimum absolute atomic E-state index is 0.701. The van der Waals surface area contributed by atoms with Crippen molar-refractivity contribution in [3.8, 4) is 0 Å². The molecule has 80 valence electrons. The van der Waals surface area contributed by atoms with Gasteiger partial charge in [0.25, 0.3) is 0 Å². The van der Waals surface area contributed by atoms with E-state index in [-0.39, 0.29) is 0 Å². The van der Waals surface area contributed by atoms with E-state index in [9.17, 15) is 0 Å². The van der Waals surface area contributed by atoms with E-state index in [1.165, 1.54) is 51.6 Å². The molecule has 1 spiro atoms. The van der Waals surface area contributed by atoms with Gasteiger partial charge in [0.2, 0.25) is 0 Å². The minimum Gasteiger partial charge on any atom is -0.330 e. The van der Waals surface area contributed by atoms with Crippen molar-refractivity contribution in [1.82, 2.24) is 4.90 Å². The molecule has 2 nitrogen and oxygen atoms in total. The van der Waals surface area contributed by atoms with Gasteiger partial charge < -0.3 is 5.73 Å². The van der Waals surface area contributed by atoms with Crippen molar-refractivity contribution in [2.24, 2.45) is 17.1 Å². The van der Waals surface area contributed by atoms with Crippen LogP contribution in [0, 0.1) is 11.3 Å². The van der Waals surface area contributed by atoms with E-state index in [2.05, 4.69) is 4.90 Å². The first-order chi connectivity index (χ1) is 6.81. The molecule has 3 fully saturated rings. The number of rotatable bonds is 2. The summed E-state index contributed by atoms with van der Waals surface area (Å²) in [4.78, 5) is 2.75. The fraction of sp³-hybridized carbons (Fsp3) is 1.00. The van der Waals surface area contributed by atoms with Crippen molar-refractivity contribution in [3.05, 3.63) is 0 Å². The van der Waals surface area contributed by atoms with Crippen molar-refractivity contribution < 1.29 is 0 Å². The van der Waals surface area contributed by atoms with Gasteiger partial charge in [-0.2, -0.15) is 0 Å². The molecule has 0 aromatic carbocycles. The highest BCUT2D eigenvalue weighted by molar-refractivity contribution is 5.00. The summed E-state index contributed by atoms with van der Waals surface area (Å²) in [5.41, 5.74) is 6.48. The van der Waals surface area contributed by atoms with Gasteiger partial charge in [0.15, 0.2) is 0 Å². The van der Waals surface area contributed by atoms with Crippen LogP contribution in [0.2, 0.25) is 0 Å². The van der Waals surface area contributed by atoms with Crippen molar-refractivity contribution >= 4 is 0 Å². The second-order valence-electron chi connectivity index (χ2n) is 5.80. The van der Waals surface area contributed by atoms with E-state index in [1.807, 2.05) is 0 Å². The van der Waals surface area contributed by atoms with Crippen molar-refractivity contribution in [2.45, 2.75) is 44.6 Å². The van der Waals surface area contributed by atoms with Crippen molar-refractivity contribution in [2.75, 3.05) is 19.6 Å². The summed E-state index contributed by atoms with van der Waals surface area (Å²) in [7, 11) is 0. The second kappa shape index (κ2) is 3.21. The predicted molar refractivity (Wildman–Crippen MR) is 58.0 cm³/mol. The molecular formula is C12H22N2. The van der Waals surface area contributed by atoms with Crippen LogP contribution in [0.3, 0.4) is 0 Å². The molecule has 0 aromatic rings. The van der Waals surface area contributed by atoms with Gasteiger partial charge in [-0.1, -0.05) is 0 Å². The predicted octanol–water partition coefficient (Wildman–Crippen LogP) is 1.60. The zero-order chi connectivity index (χ0) is 9.60. The van der Waals surface area contributed by atoms with E-state index >= 15 is 0 Å². The molecule has 2 aliphatic carbocycles. The Morgan fingerprint density at radius 1 is 1.21 bits per heavy atom. The first-order valence-electron chi connectivity index (χ1n) is 6.25. The van der Waals surface area contributed by atoms with E-state index in [4.69, 9.17) is 5.73 Å². The Hall–Kier alpha value is -0.0800. The Labute approximate surface area is 86.8 Å². The minimum atomic E-state index is 0.701. The third-order valence-corrected chi connectivity index (χ3v) is 4.67. The van der Waals surface area contributed by atoms with E-state index < -0.39 is 0 Å². The maximum absolute atomic E-state index is 5.78. The van der Waals surface area contributed by atoms with Gasteiger partial charge in [-0.15, -0.1) is 0 Å². The van der Waals surface area contributed by atoms with Crippen LogP contribution in [0.25, 0.3) is 0 Å². The number of nitrogens with zero attached hydrogens (tertiary/aromatic N) is 1. The largest absolute Gasteiger partial charge is 0.330 e. The maximum Gasteiger partial charge on any atom is 0.00966 e. The Kier molecular flexibility index (Phi) is 2.10. The molecule has 0 radical (unpaired) electrons. The zero-order valence-corrected chi connectivity index (χ0v) is 9.04. The molecule has 1 aliphatic heterocycles. The quantitative estimate of drug-likeness (QED) is 0.723. The molecule has 3 aliphatic rings. The first-order valence-corrected chi connectivity index (χ1v) is 6.25. The molecular weight excluding hydrogens is 172 g/mol. The molecule has 0 aromatic heterocycles. The summed E-state index contributed by atoms with van der Waals surface area (Å²) >= 11 is 0. The topological polar surface area (TPSA) is 29.3 Å². The average Bonchev–Trinajstić information content (AvgIpc) is 2.87. The van der Waals surface area contributed by atoms with Crippen LogP contribution in [-0.4, -0.2) is 30.6 Å². The normalized spacial score (nSPS) is 43.9. The highest BCUT2D eigenvalue weighted by atomic mass is 15.2. The fourth-order valence-corrected chi connectivity index (χ4v) is 3.62. The van der Waals surface area contributed by atoms with Gasteiger partial charge >= 0.3 is 0 Å². The van der Waals surface area contributed by atoms with Crippen LogP contribution in [-0.2, 0) is 0 Å². The Balaban J connectivity index is 1.63. The molecule has 2 N–H and O–H groups in total. The van der Waals surface area contributed by atoms with Crippen molar-refractivity contribution in [3.63, 3.8) is 0 Å². The molecule has 2 saturated carbocycles. The van der Waals surface area contributed by atoms with Crippen LogP contribution in [0.5, 0.6) is 0 Å². The Morgan fingerprint density at radius 3 is 2.71 bits per heavy atom. The van der Waals surface area contributed by atoms with Gasteiger partial charge in [0, 0.05) is 12.6 Å². The number of hydrogen-bond acceptors (Lipinski definition) is 2. The smallest absolute Gasteiger partial charge is 0.00966 e. The molecule has 14 heavy (non-hydrogen) atoms. The average molecular weight is 194 g/mol. The molecule has 1 heterocycles. The summed E-state index contributed by atoms with van der Waals surface area (Å²) in [6.45, 7) is 3.70. The third kappa shape index (κ3) is 1.49. The number of nitrogens with two attached hydrogens (primary N) is 1. The van der Waals surface area contributed by atoms with Gasteiger partial charge in [-0.25, -0.2) is 0 Å². The lowest BCUT2D eigenvalue weighted by molar-refractivity contribution is 0.248. The number of hydrogen-bond donors (Lipinski definition) is 1. The van der Waals surface area contributed by atoms with E-state index in [0.717, 1.165) is 18.5 Å². The molecule has 3 rings (SSSR count). The summed E-state index contributed by atoms with van der Waals surface area (Å²) in [5.74, 6) is 0.842. The first kappa shape index (κ1) is 9.17. The van der Waals surface area contributed by atoms with Crippen molar-refractivity contribution in [1.29, 1.82) is 0 Å². The lowest BCUT2D eigenvalue weighted by Gasteiger charge is -2.24. The molecule has 2 unspecified atom stereocenters. The molecule has 2 heteroatoms. The van der Waals surface area contributed by atoms with Crippen LogP contribution in [0.4, 0.5) is 0 Å². The maximum atomic E-state index is 5.78. The lowest BCUT2D eigenvalue weighted by atomic mass is 9.84. The monoisotopic (exact) mass is 194 g/mol. The van der Waals surface area contributed by atoms with Crippen LogP contribution in [0.15, 0.2) is 0 Å². The molecule has 0 amide bonds. The van der Waals surface area contributed by atoms with Crippen LogP contribution >= 0.6 is 0 Å². The van der Waals surface area contributed by atoms with E-state index in [0.29, 0.717) is 5.41 Å². The van der Waals surface area contributed by atoms with Gasteiger partial charge in [0.1, 0.15) is 0 Å². The summed E-state index contributed by atoms with van der Waals surface area (Å²) < 4.78 is 0. The van der Waals surface area contributed by atoms with E-state index in [1.54, 1.807) is 0 Å². The summed E-state index contributed by atoms with van der Waals surface area (Å²) in [6, 6.07) is 0.978. The molecule has 1 saturated heterocycles. The Bertz CT molecular complexity index is 224. The summed E-state index contributed by atoms with van der Waals surface area (Å²) in [6.07, 6.45) is 8.67. The highest BCUT2D eigenvalue weighted by Crippen LogP contribution is 2.49. The number of likely N-dealkylation sites (tertiary alicyclic amines) is 1. The highest BCUT2D eigenvalue weighted by Gasteiger charge is 2.46. The van der Waals surface area contributed by atoms with Crippen LogP contribution < -0.4 is 5.73 Å². The van der Waals surface area contributed by atoms with Gasteiger partial charge in [0.05, 0.1) is 0 Å². The van der Waals surface area contributed by atoms with Gasteiger partial charge in [-0.05, 0) is 62.9 Å².